The van der Waals surface area contributed by atoms with Crippen LogP contribution >= 0.6 is 0 Å². The Labute approximate surface area is 153 Å². The van der Waals surface area contributed by atoms with Crippen molar-refractivity contribution < 1.29 is 19.1 Å². The molecule has 2 aromatic carbocycles. The van der Waals surface area contributed by atoms with Crippen LogP contribution in [0.1, 0.15) is 43.6 Å². The van der Waals surface area contributed by atoms with Crippen LogP contribution in [-0.4, -0.2) is 24.5 Å². The summed E-state index contributed by atoms with van der Waals surface area (Å²) in [5.41, 5.74) is 1.94. The van der Waals surface area contributed by atoms with Gasteiger partial charge in [-0.1, -0.05) is 42.8 Å². The van der Waals surface area contributed by atoms with Crippen molar-refractivity contribution in [2.75, 3.05) is 7.11 Å². The lowest BCUT2D eigenvalue weighted by atomic mass is 9.78. The highest BCUT2D eigenvalue weighted by Gasteiger charge is 2.55. The number of carbonyl (C=O) groups is 2. The molecule has 1 unspecified atom stereocenters. The van der Waals surface area contributed by atoms with Gasteiger partial charge in [-0.3, -0.25) is 9.59 Å². The highest BCUT2D eigenvalue weighted by atomic mass is 16.6. The predicted octanol–water partition coefficient (Wildman–Crippen LogP) is 4.27. The molecule has 2 aliphatic rings. The summed E-state index contributed by atoms with van der Waals surface area (Å²) < 4.78 is 10.8. The van der Waals surface area contributed by atoms with Gasteiger partial charge < -0.3 is 9.47 Å². The minimum atomic E-state index is -0.866. The van der Waals surface area contributed by atoms with Crippen molar-refractivity contribution in [2.45, 2.75) is 43.6 Å². The molecule has 1 saturated heterocycles. The summed E-state index contributed by atoms with van der Waals surface area (Å²) >= 11 is 0. The number of hydrogen-bond acceptors (Lipinski definition) is 4. The van der Waals surface area contributed by atoms with Gasteiger partial charge in [-0.05, 0) is 54.5 Å². The fourth-order valence-electron chi connectivity index (χ4n) is 4.08. The van der Waals surface area contributed by atoms with E-state index in [1.54, 1.807) is 7.11 Å². The molecular weight excluding hydrogens is 328 g/mol. The smallest absolute Gasteiger partial charge is 0.322 e. The minimum Gasteiger partial charge on any atom is -0.497 e. The van der Waals surface area contributed by atoms with Gasteiger partial charge in [0.1, 0.15) is 11.7 Å². The van der Waals surface area contributed by atoms with Crippen LogP contribution in [0.5, 0.6) is 5.75 Å². The molecule has 2 fully saturated rings. The monoisotopic (exact) mass is 350 g/mol. The van der Waals surface area contributed by atoms with Crippen molar-refractivity contribution in [2.24, 2.45) is 0 Å². The van der Waals surface area contributed by atoms with E-state index in [-0.39, 0.29) is 5.78 Å². The minimum absolute atomic E-state index is 0.0561. The van der Waals surface area contributed by atoms with E-state index >= 15 is 0 Å². The summed E-state index contributed by atoms with van der Waals surface area (Å²) in [5.74, 6) is -0.422. The first-order valence-electron chi connectivity index (χ1n) is 9.14. The summed E-state index contributed by atoms with van der Waals surface area (Å²) in [6.07, 6.45) is 4.33. The zero-order valence-corrected chi connectivity index (χ0v) is 14.9. The average Bonchev–Trinajstić information content (AvgIpc) is 2.92. The third kappa shape index (κ3) is 2.79. The van der Waals surface area contributed by atoms with Gasteiger partial charge in [0.2, 0.25) is 0 Å². The Balaban J connectivity index is 1.58. The van der Waals surface area contributed by atoms with Gasteiger partial charge in [-0.2, -0.15) is 0 Å². The van der Waals surface area contributed by atoms with Crippen LogP contribution in [0.15, 0.2) is 48.5 Å². The molecule has 134 valence electrons. The fraction of sp³-hybridized carbons (Fsp3) is 0.364. The zero-order valence-electron chi connectivity index (χ0n) is 14.9. The van der Waals surface area contributed by atoms with Gasteiger partial charge in [0.05, 0.1) is 7.11 Å². The van der Waals surface area contributed by atoms with Gasteiger partial charge in [0.25, 0.3) is 0 Å². The van der Waals surface area contributed by atoms with E-state index in [1.807, 2.05) is 48.5 Å². The van der Waals surface area contributed by atoms with Crippen molar-refractivity contribution in [3.05, 3.63) is 54.1 Å². The van der Waals surface area contributed by atoms with E-state index in [0.29, 0.717) is 12.8 Å². The molecule has 1 spiro atoms. The molecule has 4 rings (SSSR count). The molecule has 0 aromatic heterocycles. The predicted molar refractivity (Wildman–Crippen MR) is 98.1 cm³/mol. The Morgan fingerprint density at radius 2 is 1.46 bits per heavy atom. The number of esters is 1. The Morgan fingerprint density at radius 1 is 0.885 bits per heavy atom. The summed E-state index contributed by atoms with van der Waals surface area (Å²) in [7, 11) is 1.64. The average molecular weight is 350 g/mol. The summed E-state index contributed by atoms with van der Waals surface area (Å²) in [6.45, 7) is 0. The maximum atomic E-state index is 13.0. The second-order valence-electron chi connectivity index (χ2n) is 7.12. The van der Waals surface area contributed by atoms with E-state index in [2.05, 4.69) is 0 Å². The quantitative estimate of drug-likeness (QED) is 0.613. The van der Waals surface area contributed by atoms with Crippen LogP contribution in [0, 0.1) is 0 Å². The third-order valence-corrected chi connectivity index (χ3v) is 5.57. The molecule has 1 aliphatic carbocycles. The highest BCUT2D eigenvalue weighted by molar-refractivity contribution is 6.13. The fourth-order valence-corrected chi connectivity index (χ4v) is 4.08. The van der Waals surface area contributed by atoms with Crippen molar-refractivity contribution in [3.63, 3.8) is 0 Å². The topological polar surface area (TPSA) is 52.6 Å². The van der Waals surface area contributed by atoms with Crippen LogP contribution in [0.25, 0.3) is 11.1 Å². The van der Waals surface area contributed by atoms with Crippen LogP contribution in [0.4, 0.5) is 0 Å². The molecule has 1 aliphatic heterocycles. The number of rotatable bonds is 3. The van der Waals surface area contributed by atoms with Crippen molar-refractivity contribution in [3.8, 4) is 16.9 Å². The number of carbonyl (C=O) groups excluding carboxylic acids is 2. The molecule has 0 radical (unpaired) electrons. The van der Waals surface area contributed by atoms with Crippen LogP contribution in [0.3, 0.4) is 0 Å². The van der Waals surface area contributed by atoms with E-state index in [9.17, 15) is 9.59 Å². The lowest BCUT2D eigenvalue weighted by Gasteiger charge is -2.29. The molecule has 4 nitrogen and oxygen atoms in total. The standard InChI is InChI=1S/C22H22O4/c1-25-18-11-9-16(10-12-18)15-5-7-17(8-6-15)19-20(23)22(26-21(19)24)13-3-2-4-14-22/h5-12,19H,2-4,13-14H2,1H3. The molecule has 1 saturated carbocycles. The van der Waals surface area contributed by atoms with Crippen LogP contribution in [0.2, 0.25) is 0 Å². The van der Waals surface area contributed by atoms with Gasteiger partial charge >= 0.3 is 5.97 Å². The largest absolute Gasteiger partial charge is 0.497 e. The summed E-state index contributed by atoms with van der Waals surface area (Å²) in [4.78, 5) is 25.4. The lowest BCUT2D eigenvalue weighted by molar-refractivity contribution is -0.154. The van der Waals surface area contributed by atoms with Gasteiger partial charge in [0, 0.05) is 0 Å². The molecular formula is C22H22O4. The number of ketones is 1. The molecule has 2 aromatic rings. The lowest BCUT2D eigenvalue weighted by Crippen LogP contribution is -2.39. The SMILES string of the molecule is COc1ccc(-c2ccc(C3C(=O)OC4(CCCCC4)C3=O)cc2)cc1. The molecule has 0 N–H and O–H groups in total. The first kappa shape index (κ1) is 16.8. The molecule has 0 amide bonds. The maximum Gasteiger partial charge on any atom is 0.322 e. The Bertz CT molecular complexity index is 814. The van der Waals surface area contributed by atoms with E-state index in [1.165, 1.54) is 0 Å². The molecule has 4 heteroatoms. The highest BCUT2D eigenvalue weighted by Crippen LogP contribution is 2.43. The second kappa shape index (κ2) is 6.60. The molecule has 0 bridgehead atoms. The Morgan fingerprint density at radius 3 is 2.04 bits per heavy atom. The van der Waals surface area contributed by atoms with E-state index < -0.39 is 17.5 Å². The van der Waals surface area contributed by atoms with Crippen molar-refractivity contribution >= 4 is 11.8 Å². The number of benzene rings is 2. The Kier molecular flexibility index (Phi) is 4.27. The van der Waals surface area contributed by atoms with Gasteiger partial charge in [-0.15, -0.1) is 0 Å². The number of hydrogen-bond donors (Lipinski definition) is 0. The molecule has 1 atom stereocenters. The second-order valence-corrected chi connectivity index (χ2v) is 7.12. The number of ether oxygens (including phenoxy) is 2. The Hall–Kier alpha value is -2.62. The van der Waals surface area contributed by atoms with E-state index in [4.69, 9.17) is 9.47 Å². The van der Waals surface area contributed by atoms with E-state index in [0.717, 1.165) is 41.7 Å². The normalized spacial score (nSPS) is 21.7. The van der Waals surface area contributed by atoms with Crippen LogP contribution < -0.4 is 4.74 Å². The first-order chi connectivity index (χ1) is 12.6. The third-order valence-electron chi connectivity index (χ3n) is 5.57. The summed E-state index contributed by atoms with van der Waals surface area (Å²) in [6, 6.07) is 15.4. The van der Waals surface area contributed by atoms with Gasteiger partial charge in [-0.25, -0.2) is 0 Å². The maximum absolute atomic E-state index is 13.0. The first-order valence-corrected chi connectivity index (χ1v) is 9.14. The number of Topliss-reactive ketones (excluding diaryl/α,β-unsaturated/α-hetero) is 1. The van der Waals surface area contributed by atoms with Gasteiger partial charge in [0.15, 0.2) is 11.4 Å². The van der Waals surface area contributed by atoms with Crippen molar-refractivity contribution in [1.29, 1.82) is 0 Å². The zero-order chi connectivity index (χ0) is 18.1. The van der Waals surface area contributed by atoms with Crippen molar-refractivity contribution in [1.82, 2.24) is 0 Å². The molecule has 26 heavy (non-hydrogen) atoms. The molecule has 1 heterocycles. The summed E-state index contributed by atoms with van der Waals surface area (Å²) in [5, 5.41) is 0. The van der Waals surface area contributed by atoms with Crippen LogP contribution in [-0.2, 0) is 14.3 Å². The number of methoxy groups -OCH3 is 1.